The quantitative estimate of drug-likeness (QED) is 0.744. The summed E-state index contributed by atoms with van der Waals surface area (Å²) >= 11 is 1.84. The van der Waals surface area contributed by atoms with Crippen LogP contribution in [0.2, 0.25) is 0 Å². The van der Waals surface area contributed by atoms with E-state index in [1.54, 1.807) is 0 Å². The van der Waals surface area contributed by atoms with Crippen LogP contribution in [0.5, 0.6) is 0 Å². The van der Waals surface area contributed by atoms with Crippen molar-refractivity contribution in [2.24, 2.45) is 5.41 Å². The fraction of sp³-hybridized carbons (Fsp3) is 0.706. The number of aliphatic hydroxyl groups excluding tert-OH is 1. The Hall–Kier alpha value is -1.11. The first-order valence-corrected chi connectivity index (χ1v) is 9.18. The van der Waals surface area contributed by atoms with E-state index >= 15 is 0 Å². The molecule has 130 valence electrons. The second-order valence-corrected chi connectivity index (χ2v) is 8.44. The molecule has 0 aliphatic carbocycles. The van der Waals surface area contributed by atoms with E-state index in [1.165, 1.54) is 10.4 Å². The lowest BCUT2D eigenvalue weighted by molar-refractivity contribution is 0.189. The number of thiophene rings is 1. The summed E-state index contributed by atoms with van der Waals surface area (Å²) in [5.41, 5.74) is 1.50. The van der Waals surface area contributed by atoms with E-state index in [9.17, 15) is 9.90 Å². The Labute approximate surface area is 143 Å². The number of nitrogens with zero attached hydrogens (tertiary/aromatic N) is 1. The van der Waals surface area contributed by atoms with E-state index in [0.29, 0.717) is 6.54 Å². The van der Waals surface area contributed by atoms with Gasteiger partial charge in [0.1, 0.15) is 0 Å². The highest BCUT2D eigenvalue weighted by Gasteiger charge is 2.20. The summed E-state index contributed by atoms with van der Waals surface area (Å²) in [6.07, 6.45) is 1.86. The standard InChI is InChI=1S/C17H29N3O2S/c1-17(2,3)10-14(12-21)19-16(22)18-6-8-20-7-4-15-13(11-20)5-9-23-15/h5,9,14,21H,4,6-8,10-12H2,1-3H3,(H2,18,19,22). The molecule has 1 aliphatic rings. The van der Waals surface area contributed by atoms with Crippen LogP contribution in [-0.4, -0.2) is 48.3 Å². The molecular formula is C17H29N3O2S. The Morgan fingerprint density at radius 3 is 2.96 bits per heavy atom. The lowest BCUT2D eigenvalue weighted by Gasteiger charge is -2.27. The van der Waals surface area contributed by atoms with Crippen LogP contribution in [0.25, 0.3) is 0 Å². The van der Waals surface area contributed by atoms with E-state index in [2.05, 4.69) is 47.8 Å². The number of hydrogen-bond acceptors (Lipinski definition) is 4. The number of hydrogen-bond donors (Lipinski definition) is 3. The lowest BCUT2D eigenvalue weighted by atomic mass is 9.88. The fourth-order valence-electron chi connectivity index (χ4n) is 2.96. The third kappa shape index (κ3) is 6.12. The molecule has 6 heteroatoms. The van der Waals surface area contributed by atoms with Crippen LogP contribution in [-0.2, 0) is 13.0 Å². The number of nitrogens with one attached hydrogen (secondary N) is 2. The maximum Gasteiger partial charge on any atom is 0.315 e. The fourth-order valence-corrected chi connectivity index (χ4v) is 3.85. The second-order valence-electron chi connectivity index (χ2n) is 7.44. The van der Waals surface area contributed by atoms with Gasteiger partial charge in [0, 0.05) is 31.1 Å². The molecule has 0 radical (unpaired) electrons. The predicted octanol–water partition coefficient (Wildman–Crippen LogP) is 2.20. The van der Waals surface area contributed by atoms with E-state index < -0.39 is 0 Å². The highest BCUT2D eigenvalue weighted by molar-refractivity contribution is 7.10. The molecule has 5 nitrogen and oxygen atoms in total. The Morgan fingerprint density at radius 2 is 2.26 bits per heavy atom. The number of carbonyl (C=O) groups excluding carboxylic acids is 1. The van der Waals surface area contributed by atoms with Crippen molar-refractivity contribution in [3.8, 4) is 0 Å². The van der Waals surface area contributed by atoms with Crippen molar-refractivity contribution in [3.05, 3.63) is 21.9 Å². The molecule has 2 rings (SSSR count). The normalized spacial score (nSPS) is 16.7. The van der Waals surface area contributed by atoms with Crippen LogP contribution < -0.4 is 10.6 Å². The van der Waals surface area contributed by atoms with Crippen LogP contribution >= 0.6 is 11.3 Å². The van der Waals surface area contributed by atoms with Crippen LogP contribution in [0.3, 0.4) is 0 Å². The molecule has 0 saturated heterocycles. The van der Waals surface area contributed by atoms with E-state index in [0.717, 1.165) is 32.5 Å². The van der Waals surface area contributed by atoms with Gasteiger partial charge in [-0.15, -0.1) is 11.3 Å². The number of fused-ring (bicyclic) bond motifs is 1. The molecule has 0 fully saturated rings. The third-order valence-corrected chi connectivity index (χ3v) is 5.04. The summed E-state index contributed by atoms with van der Waals surface area (Å²) in [6.45, 7) is 9.78. The van der Waals surface area contributed by atoms with Crippen LogP contribution in [0.15, 0.2) is 11.4 Å². The smallest absolute Gasteiger partial charge is 0.315 e. The molecule has 3 N–H and O–H groups in total. The van der Waals surface area contributed by atoms with Gasteiger partial charge in [-0.25, -0.2) is 4.79 Å². The van der Waals surface area contributed by atoms with Gasteiger partial charge in [0.2, 0.25) is 0 Å². The molecule has 1 aromatic heterocycles. The van der Waals surface area contributed by atoms with E-state index in [1.807, 2.05) is 11.3 Å². The largest absolute Gasteiger partial charge is 0.394 e. The van der Waals surface area contributed by atoms with Crippen LogP contribution in [0.4, 0.5) is 4.79 Å². The van der Waals surface area contributed by atoms with Crippen molar-refractivity contribution in [2.45, 2.75) is 46.2 Å². The summed E-state index contributed by atoms with van der Waals surface area (Å²) in [7, 11) is 0. The summed E-state index contributed by atoms with van der Waals surface area (Å²) in [4.78, 5) is 15.8. The van der Waals surface area contributed by atoms with Gasteiger partial charge in [-0.1, -0.05) is 20.8 Å². The van der Waals surface area contributed by atoms with Gasteiger partial charge >= 0.3 is 6.03 Å². The molecule has 0 bridgehead atoms. The average molecular weight is 340 g/mol. The first-order valence-electron chi connectivity index (χ1n) is 8.30. The van der Waals surface area contributed by atoms with Crippen molar-refractivity contribution in [2.75, 3.05) is 26.2 Å². The zero-order valence-corrected chi connectivity index (χ0v) is 15.2. The van der Waals surface area contributed by atoms with Crippen molar-refractivity contribution in [1.29, 1.82) is 0 Å². The number of carbonyl (C=O) groups is 1. The molecule has 1 atom stereocenters. The molecule has 1 aliphatic heterocycles. The van der Waals surface area contributed by atoms with Crippen LogP contribution in [0, 0.1) is 5.41 Å². The molecule has 23 heavy (non-hydrogen) atoms. The van der Waals surface area contributed by atoms with Gasteiger partial charge in [0.15, 0.2) is 0 Å². The molecule has 2 amide bonds. The number of aliphatic hydroxyl groups is 1. The van der Waals surface area contributed by atoms with Gasteiger partial charge in [0.05, 0.1) is 12.6 Å². The van der Waals surface area contributed by atoms with Crippen molar-refractivity contribution in [3.63, 3.8) is 0 Å². The number of urea groups is 1. The van der Waals surface area contributed by atoms with E-state index in [4.69, 9.17) is 0 Å². The number of amides is 2. The summed E-state index contributed by atoms with van der Waals surface area (Å²) < 4.78 is 0. The van der Waals surface area contributed by atoms with Crippen LogP contribution in [0.1, 0.15) is 37.6 Å². The van der Waals surface area contributed by atoms with Crippen molar-refractivity contribution in [1.82, 2.24) is 15.5 Å². The van der Waals surface area contributed by atoms with E-state index in [-0.39, 0.29) is 24.1 Å². The minimum absolute atomic E-state index is 0.0300. The zero-order chi connectivity index (χ0) is 16.9. The van der Waals surface area contributed by atoms with Gasteiger partial charge < -0.3 is 15.7 Å². The lowest BCUT2D eigenvalue weighted by Crippen LogP contribution is -2.47. The minimum Gasteiger partial charge on any atom is -0.394 e. The first-order chi connectivity index (χ1) is 10.9. The molecule has 2 heterocycles. The maximum absolute atomic E-state index is 11.9. The SMILES string of the molecule is CC(C)(C)CC(CO)NC(=O)NCCN1CCc2sccc2C1. The van der Waals surface area contributed by atoms with Gasteiger partial charge in [-0.3, -0.25) is 4.90 Å². The van der Waals surface area contributed by atoms with Gasteiger partial charge in [-0.05, 0) is 35.3 Å². The van der Waals surface area contributed by atoms with Gasteiger partial charge in [0.25, 0.3) is 0 Å². The maximum atomic E-state index is 11.9. The predicted molar refractivity (Wildman–Crippen MR) is 94.8 cm³/mol. The summed E-state index contributed by atoms with van der Waals surface area (Å²) in [5, 5.41) is 17.3. The molecule has 0 saturated carbocycles. The molecule has 1 aromatic rings. The monoisotopic (exact) mass is 339 g/mol. The molecule has 1 unspecified atom stereocenters. The zero-order valence-electron chi connectivity index (χ0n) is 14.4. The minimum atomic E-state index is -0.196. The Morgan fingerprint density at radius 1 is 1.48 bits per heavy atom. The molecule has 0 spiro atoms. The van der Waals surface area contributed by atoms with Crippen molar-refractivity contribution >= 4 is 17.4 Å². The van der Waals surface area contributed by atoms with Crippen molar-refractivity contribution < 1.29 is 9.90 Å². The first kappa shape index (κ1) is 18.2. The summed E-state index contributed by atoms with van der Waals surface area (Å²) in [6, 6.07) is 1.81. The highest BCUT2D eigenvalue weighted by atomic mass is 32.1. The Kier molecular flexibility index (Phi) is 6.44. The summed E-state index contributed by atoms with van der Waals surface area (Å²) in [5.74, 6) is 0. The topological polar surface area (TPSA) is 64.6 Å². The third-order valence-electron chi connectivity index (χ3n) is 4.01. The Bertz CT molecular complexity index is 510. The average Bonchev–Trinajstić information content (AvgIpc) is 2.92. The highest BCUT2D eigenvalue weighted by Crippen LogP contribution is 2.23. The molecule has 0 aromatic carbocycles. The second kappa shape index (κ2) is 8.13. The molecular weight excluding hydrogens is 310 g/mol. The number of rotatable bonds is 6. The Balaban J connectivity index is 1.67. The van der Waals surface area contributed by atoms with Gasteiger partial charge in [-0.2, -0.15) is 0 Å².